The van der Waals surface area contributed by atoms with E-state index in [1.807, 2.05) is 12.3 Å². The number of hydrogen-bond acceptors (Lipinski definition) is 1. The quantitative estimate of drug-likeness (QED) is 0.440. The van der Waals surface area contributed by atoms with E-state index in [1.54, 1.807) is 0 Å². The van der Waals surface area contributed by atoms with Crippen LogP contribution < -0.4 is 5.32 Å². The van der Waals surface area contributed by atoms with Crippen LogP contribution in [0.2, 0.25) is 0 Å². The molecule has 58 valence electrons. The molecule has 0 atom stereocenters. The van der Waals surface area contributed by atoms with Gasteiger partial charge in [0, 0.05) is 6.54 Å². The highest BCUT2D eigenvalue weighted by atomic mass is 14.8. The van der Waals surface area contributed by atoms with Gasteiger partial charge >= 0.3 is 0 Å². The Bertz CT molecular complexity index is 94.9. The molecular formula is C9H17N. The lowest BCUT2D eigenvalue weighted by atomic mass is 10.2. The summed E-state index contributed by atoms with van der Waals surface area (Å²) >= 11 is 0. The average Bonchev–Trinajstić information content (AvgIpc) is 1.97. The van der Waals surface area contributed by atoms with Crippen LogP contribution in [-0.4, -0.2) is 6.54 Å². The van der Waals surface area contributed by atoms with Crippen LogP contribution in [0.5, 0.6) is 0 Å². The van der Waals surface area contributed by atoms with Crippen molar-refractivity contribution < 1.29 is 0 Å². The topological polar surface area (TPSA) is 12.0 Å². The van der Waals surface area contributed by atoms with Crippen LogP contribution in [0.3, 0.4) is 0 Å². The van der Waals surface area contributed by atoms with E-state index in [4.69, 9.17) is 0 Å². The maximum atomic E-state index is 3.60. The van der Waals surface area contributed by atoms with Crippen molar-refractivity contribution in [3.8, 4) is 0 Å². The predicted molar refractivity (Wildman–Crippen MR) is 46.9 cm³/mol. The van der Waals surface area contributed by atoms with Crippen LogP contribution in [-0.2, 0) is 0 Å². The first-order valence-corrected chi connectivity index (χ1v) is 3.91. The molecular weight excluding hydrogens is 122 g/mol. The lowest BCUT2D eigenvalue weighted by Crippen LogP contribution is -2.02. The van der Waals surface area contributed by atoms with Crippen molar-refractivity contribution in [3.05, 3.63) is 24.9 Å². The summed E-state index contributed by atoms with van der Waals surface area (Å²) in [5.74, 6) is 0. The molecule has 0 aromatic heterocycles. The van der Waals surface area contributed by atoms with Crippen LogP contribution >= 0.6 is 0 Å². The summed E-state index contributed by atoms with van der Waals surface area (Å²) in [5, 5.41) is 3.10. The zero-order valence-electron chi connectivity index (χ0n) is 6.77. The molecule has 0 fully saturated rings. The minimum Gasteiger partial charge on any atom is -0.388 e. The van der Waals surface area contributed by atoms with E-state index < -0.39 is 0 Å². The standard InChI is InChI=1S/C9H17N/c1-3-5-6-7-9-10-8-4-2/h4,7,9-10H,2-3,5-6,8H2,1H3. The minimum atomic E-state index is 0.864. The van der Waals surface area contributed by atoms with Crippen molar-refractivity contribution >= 4 is 0 Å². The minimum absolute atomic E-state index is 0.864. The van der Waals surface area contributed by atoms with Gasteiger partial charge in [0.15, 0.2) is 0 Å². The van der Waals surface area contributed by atoms with Crippen molar-refractivity contribution in [3.63, 3.8) is 0 Å². The Kier molecular flexibility index (Phi) is 7.68. The third kappa shape index (κ3) is 7.28. The second-order valence-electron chi connectivity index (χ2n) is 2.24. The van der Waals surface area contributed by atoms with E-state index in [-0.39, 0.29) is 0 Å². The van der Waals surface area contributed by atoms with Crippen molar-refractivity contribution in [2.75, 3.05) is 6.54 Å². The maximum absolute atomic E-state index is 3.60. The molecule has 0 spiro atoms. The lowest BCUT2D eigenvalue weighted by Gasteiger charge is -1.92. The van der Waals surface area contributed by atoms with Gasteiger partial charge in [-0.3, -0.25) is 0 Å². The molecule has 0 unspecified atom stereocenters. The Balaban J connectivity index is 2.96. The van der Waals surface area contributed by atoms with Gasteiger partial charge in [0.2, 0.25) is 0 Å². The lowest BCUT2D eigenvalue weighted by molar-refractivity contribution is 0.809. The van der Waals surface area contributed by atoms with E-state index >= 15 is 0 Å². The molecule has 0 aliphatic rings. The predicted octanol–water partition coefficient (Wildman–Crippen LogP) is 2.47. The van der Waals surface area contributed by atoms with Gasteiger partial charge in [-0.1, -0.05) is 31.9 Å². The average molecular weight is 139 g/mol. The summed E-state index contributed by atoms with van der Waals surface area (Å²) in [4.78, 5) is 0. The third-order valence-corrected chi connectivity index (χ3v) is 1.22. The van der Waals surface area contributed by atoms with Crippen molar-refractivity contribution in [1.82, 2.24) is 5.32 Å². The number of unbranched alkanes of at least 4 members (excludes halogenated alkanes) is 2. The fraction of sp³-hybridized carbons (Fsp3) is 0.556. The molecule has 0 amide bonds. The molecule has 0 aliphatic carbocycles. The fourth-order valence-corrected chi connectivity index (χ4v) is 0.640. The van der Waals surface area contributed by atoms with Gasteiger partial charge in [-0.05, 0) is 12.6 Å². The number of nitrogens with one attached hydrogen (secondary N) is 1. The molecule has 1 heteroatoms. The van der Waals surface area contributed by atoms with E-state index in [2.05, 4.69) is 24.9 Å². The number of allylic oxidation sites excluding steroid dienone is 1. The van der Waals surface area contributed by atoms with E-state index in [0.717, 1.165) is 6.54 Å². The molecule has 0 saturated carbocycles. The molecule has 1 nitrogen and oxygen atoms in total. The van der Waals surface area contributed by atoms with Crippen LogP contribution in [0, 0.1) is 0 Å². The van der Waals surface area contributed by atoms with Crippen molar-refractivity contribution in [2.45, 2.75) is 26.2 Å². The second-order valence-corrected chi connectivity index (χ2v) is 2.24. The number of hydrogen-bond donors (Lipinski definition) is 1. The second kappa shape index (κ2) is 8.28. The summed E-state index contributed by atoms with van der Waals surface area (Å²) in [6, 6.07) is 0. The molecule has 0 radical (unpaired) electrons. The van der Waals surface area contributed by atoms with Crippen molar-refractivity contribution in [1.29, 1.82) is 0 Å². The molecule has 0 aromatic carbocycles. The van der Waals surface area contributed by atoms with Gasteiger partial charge in [0.1, 0.15) is 0 Å². The smallest absolute Gasteiger partial charge is 0.0322 e. The van der Waals surface area contributed by atoms with Gasteiger partial charge < -0.3 is 5.32 Å². The van der Waals surface area contributed by atoms with E-state index in [9.17, 15) is 0 Å². The summed E-state index contributed by atoms with van der Waals surface area (Å²) in [6.45, 7) is 6.66. The third-order valence-electron chi connectivity index (χ3n) is 1.22. The highest BCUT2D eigenvalue weighted by molar-refractivity contribution is 4.82. The van der Waals surface area contributed by atoms with Crippen molar-refractivity contribution in [2.24, 2.45) is 0 Å². The van der Waals surface area contributed by atoms with Gasteiger partial charge in [-0.2, -0.15) is 0 Å². The Morgan fingerprint density at radius 1 is 1.50 bits per heavy atom. The normalized spacial score (nSPS) is 10.1. The Morgan fingerprint density at radius 3 is 2.90 bits per heavy atom. The molecule has 0 aliphatic heterocycles. The highest BCUT2D eigenvalue weighted by Crippen LogP contribution is 1.93. The summed E-state index contributed by atoms with van der Waals surface area (Å²) in [6.07, 6.45) is 9.74. The Labute approximate surface area is 63.8 Å². The molecule has 10 heavy (non-hydrogen) atoms. The molecule has 0 saturated heterocycles. The zero-order valence-corrected chi connectivity index (χ0v) is 6.77. The Morgan fingerprint density at radius 2 is 2.30 bits per heavy atom. The highest BCUT2D eigenvalue weighted by Gasteiger charge is 1.75. The molecule has 0 aromatic rings. The largest absolute Gasteiger partial charge is 0.388 e. The number of rotatable bonds is 6. The molecule has 1 N–H and O–H groups in total. The molecule has 0 rings (SSSR count). The summed E-state index contributed by atoms with van der Waals surface area (Å²) < 4.78 is 0. The Hall–Kier alpha value is -0.720. The molecule has 0 heterocycles. The van der Waals surface area contributed by atoms with Crippen LogP contribution in [0.15, 0.2) is 24.9 Å². The molecule has 0 bridgehead atoms. The fourth-order valence-electron chi connectivity index (χ4n) is 0.640. The van der Waals surface area contributed by atoms with Gasteiger partial charge in [0.25, 0.3) is 0 Å². The van der Waals surface area contributed by atoms with Gasteiger partial charge in [-0.25, -0.2) is 0 Å². The van der Waals surface area contributed by atoms with Crippen LogP contribution in [0.4, 0.5) is 0 Å². The SMILES string of the molecule is C=CCNC=CCCCC. The van der Waals surface area contributed by atoms with Gasteiger partial charge in [-0.15, -0.1) is 6.58 Å². The summed E-state index contributed by atoms with van der Waals surface area (Å²) in [5.41, 5.74) is 0. The first kappa shape index (κ1) is 9.28. The summed E-state index contributed by atoms with van der Waals surface area (Å²) in [7, 11) is 0. The first-order chi connectivity index (χ1) is 4.91. The monoisotopic (exact) mass is 139 g/mol. The van der Waals surface area contributed by atoms with Gasteiger partial charge in [0.05, 0.1) is 0 Å². The van der Waals surface area contributed by atoms with Crippen LogP contribution in [0.25, 0.3) is 0 Å². The maximum Gasteiger partial charge on any atom is 0.0322 e. The van der Waals surface area contributed by atoms with E-state index in [1.165, 1.54) is 19.3 Å². The zero-order chi connectivity index (χ0) is 7.66. The first-order valence-electron chi connectivity index (χ1n) is 3.91. The van der Waals surface area contributed by atoms with Crippen LogP contribution in [0.1, 0.15) is 26.2 Å². The van der Waals surface area contributed by atoms with E-state index in [0.29, 0.717) is 0 Å².